The van der Waals surface area contributed by atoms with Crippen LogP contribution in [-0.2, 0) is 10.0 Å². The molecule has 11 heteroatoms. The smallest absolute Gasteiger partial charge is 0.262 e. The van der Waals surface area contributed by atoms with E-state index in [4.69, 9.17) is 16.3 Å². The summed E-state index contributed by atoms with van der Waals surface area (Å²) in [5.41, 5.74) is 2.88. The molecule has 0 bridgehead atoms. The van der Waals surface area contributed by atoms with Crippen molar-refractivity contribution in [1.29, 1.82) is 0 Å². The van der Waals surface area contributed by atoms with E-state index in [1.807, 2.05) is 12.1 Å². The first-order valence-corrected chi connectivity index (χ1v) is 13.0. The van der Waals surface area contributed by atoms with Gasteiger partial charge in [-0.3, -0.25) is 4.79 Å². The number of carbonyl (C=O) groups excluding carboxylic acids is 1. The first-order valence-electron chi connectivity index (χ1n) is 11.2. The highest BCUT2D eigenvalue weighted by Gasteiger charge is 2.34. The number of aromatic amines is 1. The Hall–Kier alpha value is -3.60. The third-order valence-corrected chi connectivity index (χ3v) is 8.36. The summed E-state index contributed by atoms with van der Waals surface area (Å²) in [5, 5.41) is 12.3. The number of amides is 1. The van der Waals surface area contributed by atoms with Crippen molar-refractivity contribution in [2.24, 2.45) is 0 Å². The molecule has 1 aliphatic heterocycles. The van der Waals surface area contributed by atoms with Gasteiger partial charge in [-0.25, -0.2) is 8.42 Å². The zero-order valence-electron chi connectivity index (χ0n) is 19.3. The van der Waals surface area contributed by atoms with Gasteiger partial charge in [0.2, 0.25) is 0 Å². The van der Waals surface area contributed by atoms with Gasteiger partial charge in [-0.15, -0.1) is 0 Å². The number of hydrogen-bond donors (Lipinski definition) is 1. The Balaban J connectivity index is 1.29. The quantitative estimate of drug-likeness (QED) is 0.317. The number of aromatic nitrogens is 2. The minimum Gasteiger partial charge on any atom is -0.619 e. The number of piperazine rings is 1. The first-order chi connectivity index (χ1) is 17.3. The fourth-order valence-corrected chi connectivity index (χ4v) is 6.09. The van der Waals surface area contributed by atoms with E-state index in [-0.39, 0.29) is 42.9 Å². The molecule has 5 rings (SSSR count). The number of methoxy groups -OCH3 is 1. The molecule has 186 valence electrons. The number of halogens is 1. The van der Waals surface area contributed by atoms with Crippen molar-refractivity contribution in [3.63, 3.8) is 0 Å². The number of pyridine rings is 1. The number of benzene rings is 2. The zero-order chi connectivity index (χ0) is 25.4. The Morgan fingerprint density at radius 3 is 2.28 bits per heavy atom. The van der Waals surface area contributed by atoms with E-state index in [0.717, 1.165) is 11.1 Å². The van der Waals surface area contributed by atoms with Gasteiger partial charge >= 0.3 is 0 Å². The normalized spacial score (nSPS) is 14.8. The Morgan fingerprint density at radius 2 is 1.64 bits per heavy atom. The fraction of sp³-hybridized carbons (Fsp3) is 0.200. The van der Waals surface area contributed by atoms with Crippen LogP contribution in [0.5, 0.6) is 5.75 Å². The van der Waals surface area contributed by atoms with Crippen molar-refractivity contribution in [2.45, 2.75) is 5.03 Å². The van der Waals surface area contributed by atoms with E-state index in [9.17, 15) is 18.4 Å². The van der Waals surface area contributed by atoms with Crippen LogP contribution in [0.4, 0.5) is 0 Å². The third-order valence-electron chi connectivity index (χ3n) is 6.28. The number of nitrogens with one attached hydrogen (secondary N) is 1. The molecule has 0 aliphatic carbocycles. The average molecular weight is 527 g/mol. The molecule has 1 N–H and O–H groups in total. The Labute approximate surface area is 213 Å². The average Bonchev–Trinajstić information content (AvgIpc) is 3.27. The molecular weight excluding hydrogens is 504 g/mol. The number of ether oxygens (including phenoxy) is 1. The molecule has 0 unspecified atom stereocenters. The molecule has 36 heavy (non-hydrogen) atoms. The van der Waals surface area contributed by atoms with E-state index in [0.29, 0.717) is 26.2 Å². The second kappa shape index (κ2) is 9.45. The molecule has 0 saturated carbocycles. The number of hydrogen-bond acceptors (Lipinski definition) is 5. The van der Waals surface area contributed by atoms with Crippen molar-refractivity contribution < 1.29 is 22.7 Å². The molecule has 4 aromatic rings. The van der Waals surface area contributed by atoms with Gasteiger partial charge in [0.25, 0.3) is 15.9 Å². The predicted molar refractivity (Wildman–Crippen MR) is 135 cm³/mol. The van der Waals surface area contributed by atoms with Crippen molar-refractivity contribution >= 4 is 38.4 Å². The Kier molecular flexibility index (Phi) is 6.33. The lowest BCUT2D eigenvalue weighted by Gasteiger charge is -2.33. The van der Waals surface area contributed by atoms with Crippen LogP contribution < -0.4 is 9.47 Å². The summed E-state index contributed by atoms with van der Waals surface area (Å²) in [7, 11) is -2.47. The molecule has 0 atom stereocenters. The van der Waals surface area contributed by atoms with Gasteiger partial charge in [0.15, 0.2) is 23.2 Å². The molecule has 9 nitrogen and oxygen atoms in total. The molecule has 1 aliphatic rings. The number of nitrogens with zero attached hydrogens (tertiary/aromatic N) is 3. The van der Waals surface area contributed by atoms with Crippen molar-refractivity contribution in [2.75, 3.05) is 33.3 Å². The standard InChI is InChI=1S/C25H23ClN4O5S/c1-35-23-21-16-20(26)6-7-22(21)27-24(23)36(33,34)30-14-12-28(13-15-30)25(31)19-4-2-17(3-5-19)18-8-10-29(32)11-9-18/h2-11,16,27H,12-15H2,1H3. The summed E-state index contributed by atoms with van der Waals surface area (Å²) in [6, 6.07) is 15.6. The fourth-order valence-electron chi connectivity index (χ4n) is 4.35. The number of H-pyrrole nitrogens is 1. The van der Waals surface area contributed by atoms with Gasteiger partial charge in [0.05, 0.1) is 12.6 Å². The Bertz CT molecular complexity index is 1530. The van der Waals surface area contributed by atoms with Gasteiger partial charge in [0.1, 0.15) is 0 Å². The molecule has 1 saturated heterocycles. The van der Waals surface area contributed by atoms with Crippen molar-refractivity contribution in [3.8, 4) is 16.9 Å². The second-order valence-corrected chi connectivity index (χ2v) is 10.7. The lowest BCUT2D eigenvalue weighted by atomic mass is 10.0. The number of fused-ring (bicyclic) bond motifs is 1. The highest BCUT2D eigenvalue weighted by atomic mass is 35.5. The molecular formula is C25H23ClN4O5S. The summed E-state index contributed by atoms with van der Waals surface area (Å²) in [6.07, 6.45) is 2.84. The summed E-state index contributed by atoms with van der Waals surface area (Å²) in [5.74, 6) is 0.0523. The summed E-state index contributed by atoms with van der Waals surface area (Å²) < 4.78 is 34.3. The van der Waals surface area contributed by atoms with Crippen molar-refractivity contribution in [1.82, 2.24) is 14.2 Å². The number of rotatable bonds is 5. The topological polar surface area (TPSA) is 110 Å². The largest absolute Gasteiger partial charge is 0.619 e. The van der Waals surface area contributed by atoms with Crippen LogP contribution in [0.1, 0.15) is 10.4 Å². The lowest BCUT2D eigenvalue weighted by molar-refractivity contribution is -0.605. The maximum absolute atomic E-state index is 13.4. The number of carbonyl (C=O) groups is 1. The highest BCUT2D eigenvalue weighted by Crippen LogP contribution is 2.36. The molecule has 3 heterocycles. The molecule has 1 amide bonds. The molecule has 2 aromatic heterocycles. The van der Waals surface area contributed by atoms with Crippen LogP contribution >= 0.6 is 11.6 Å². The summed E-state index contributed by atoms with van der Waals surface area (Å²) in [6.45, 7) is 0.835. The zero-order valence-corrected chi connectivity index (χ0v) is 20.9. The van der Waals surface area contributed by atoms with E-state index >= 15 is 0 Å². The van der Waals surface area contributed by atoms with E-state index < -0.39 is 10.0 Å². The maximum Gasteiger partial charge on any atom is 0.262 e. The summed E-state index contributed by atoms with van der Waals surface area (Å²) >= 11 is 6.08. The minimum atomic E-state index is -3.88. The van der Waals surface area contributed by atoms with Gasteiger partial charge in [-0.2, -0.15) is 9.04 Å². The van der Waals surface area contributed by atoms with Gasteiger partial charge in [-0.1, -0.05) is 23.7 Å². The van der Waals surface area contributed by atoms with Crippen LogP contribution in [-0.4, -0.2) is 61.8 Å². The van der Waals surface area contributed by atoms with Gasteiger partial charge < -0.3 is 19.8 Å². The predicted octanol–water partition coefficient (Wildman–Crippen LogP) is 3.28. The number of sulfonamides is 1. The minimum absolute atomic E-state index is 0.0268. The lowest BCUT2D eigenvalue weighted by Crippen LogP contribution is -2.50. The molecule has 2 aromatic carbocycles. The van der Waals surface area contributed by atoms with Crippen LogP contribution in [0.25, 0.3) is 22.0 Å². The molecule has 0 radical (unpaired) electrons. The first kappa shape index (κ1) is 24.1. The second-order valence-electron chi connectivity index (χ2n) is 8.40. The SMILES string of the molecule is COc1c(S(=O)(=O)N2CCN(C(=O)c3ccc(-c4cc[n+]([O-])cc4)cc3)CC2)[nH]c2ccc(Cl)cc12. The van der Waals surface area contributed by atoms with E-state index in [2.05, 4.69) is 4.98 Å². The van der Waals surface area contributed by atoms with Crippen molar-refractivity contribution in [3.05, 3.63) is 82.8 Å². The molecule has 1 fully saturated rings. The maximum atomic E-state index is 13.4. The summed E-state index contributed by atoms with van der Waals surface area (Å²) in [4.78, 5) is 17.6. The monoisotopic (exact) mass is 526 g/mol. The van der Waals surface area contributed by atoms with Gasteiger partial charge in [0, 0.05) is 54.3 Å². The third kappa shape index (κ3) is 4.39. The highest BCUT2D eigenvalue weighted by molar-refractivity contribution is 7.89. The van der Waals surface area contributed by atoms with E-state index in [1.165, 1.54) is 23.8 Å². The van der Waals surface area contributed by atoms with Crippen LogP contribution in [0.2, 0.25) is 5.02 Å². The van der Waals surface area contributed by atoms with Crippen LogP contribution in [0, 0.1) is 5.21 Å². The van der Waals surface area contributed by atoms with Gasteiger partial charge in [-0.05, 0) is 41.5 Å². The van der Waals surface area contributed by atoms with Crippen LogP contribution in [0.15, 0.2) is 72.0 Å². The Morgan fingerprint density at radius 1 is 1.00 bits per heavy atom. The molecule has 0 spiro atoms. The van der Waals surface area contributed by atoms with Crippen LogP contribution in [0.3, 0.4) is 0 Å². The van der Waals surface area contributed by atoms with E-state index in [1.54, 1.807) is 47.4 Å².